The van der Waals surface area contributed by atoms with E-state index in [1.54, 1.807) is 18.2 Å². The number of benzene rings is 2. The van der Waals surface area contributed by atoms with E-state index in [0.717, 1.165) is 5.56 Å². The highest BCUT2D eigenvalue weighted by molar-refractivity contribution is 5.93. The summed E-state index contributed by atoms with van der Waals surface area (Å²) >= 11 is 0. The van der Waals surface area contributed by atoms with E-state index in [4.69, 9.17) is 4.74 Å². The van der Waals surface area contributed by atoms with Gasteiger partial charge in [-0.3, -0.25) is 4.79 Å². The van der Waals surface area contributed by atoms with Gasteiger partial charge in [0.1, 0.15) is 5.75 Å². The van der Waals surface area contributed by atoms with Gasteiger partial charge in [0.15, 0.2) is 18.2 Å². The molecular weight excluding hydrogens is 261 g/mol. The Hall–Kier alpha value is -2.56. The van der Waals surface area contributed by atoms with Crippen LogP contribution in [-0.2, 0) is 4.79 Å². The van der Waals surface area contributed by atoms with Crippen molar-refractivity contribution < 1.29 is 19.0 Å². The molecule has 0 unspecified atom stereocenters. The molecule has 2 N–H and O–H groups in total. The third-order valence-electron chi connectivity index (χ3n) is 2.62. The molecule has 2 aromatic carbocycles. The summed E-state index contributed by atoms with van der Waals surface area (Å²) in [7, 11) is 0. The number of carbonyl (C=O) groups is 1. The van der Waals surface area contributed by atoms with Crippen LogP contribution < -0.4 is 10.1 Å². The second-order valence-corrected chi connectivity index (χ2v) is 4.29. The molecular formula is C15H14FNO3. The largest absolute Gasteiger partial charge is 0.506 e. The molecule has 0 radical (unpaired) electrons. The summed E-state index contributed by atoms with van der Waals surface area (Å²) in [5, 5.41) is 12.1. The first-order valence-corrected chi connectivity index (χ1v) is 6.03. The summed E-state index contributed by atoms with van der Waals surface area (Å²) in [6, 6.07) is 10.7. The number of ether oxygens (including phenoxy) is 1. The van der Waals surface area contributed by atoms with Gasteiger partial charge < -0.3 is 15.2 Å². The second-order valence-electron chi connectivity index (χ2n) is 4.29. The number of aryl methyl sites for hydroxylation is 1. The number of aromatic hydroxyl groups is 1. The highest BCUT2D eigenvalue weighted by atomic mass is 19.1. The molecule has 0 aliphatic carbocycles. The molecule has 1 amide bonds. The zero-order valence-electron chi connectivity index (χ0n) is 10.9. The van der Waals surface area contributed by atoms with Crippen molar-refractivity contribution in [1.82, 2.24) is 0 Å². The first kappa shape index (κ1) is 13.9. The molecule has 2 rings (SSSR count). The molecule has 0 saturated carbocycles. The quantitative estimate of drug-likeness (QED) is 0.843. The van der Waals surface area contributed by atoms with Gasteiger partial charge >= 0.3 is 0 Å². The lowest BCUT2D eigenvalue weighted by molar-refractivity contribution is -0.118. The van der Waals surface area contributed by atoms with Gasteiger partial charge in [-0.2, -0.15) is 0 Å². The summed E-state index contributed by atoms with van der Waals surface area (Å²) < 4.78 is 18.3. The smallest absolute Gasteiger partial charge is 0.262 e. The van der Waals surface area contributed by atoms with Crippen molar-refractivity contribution in [1.29, 1.82) is 0 Å². The SMILES string of the molecule is Cc1ccc(NC(=O)COc2ccccc2F)c(O)c1. The van der Waals surface area contributed by atoms with E-state index in [1.807, 2.05) is 6.92 Å². The van der Waals surface area contributed by atoms with Crippen molar-refractivity contribution in [2.45, 2.75) is 6.92 Å². The van der Waals surface area contributed by atoms with Crippen LogP contribution in [0.3, 0.4) is 0 Å². The van der Waals surface area contributed by atoms with Crippen molar-refractivity contribution in [2.75, 3.05) is 11.9 Å². The monoisotopic (exact) mass is 275 g/mol. The van der Waals surface area contributed by atoms with Crippen LogP contribution in [0, 0.1) is 12.7 Å². The fraction of sp³-hybridized carbons (Fsp3) is 0.133. The lowest BCUT2D eigenvalue weighted by Gasteiger charge is -2.09. The summed E-state index contributed by atoms with van der Waals surface area (Å²) in [5.74, 6) is -1.02. The van der Waals surface area contributed by atoms with Crippen LogP contribution in [0.2, 0.25) is 0 Å². The van der Waals surface area contributed by atoms with E-state index in [-0.39, 0.29) is 23.8 Å². The fourth-order valence-electron chi connectivity index (χ4n) is 1.64. The number of para-hydroxylation sites is 1. The second kappa shape index (κ2) is 6.06. The number of phenolic OH excluding ortho intramolecular Hbond substituents is 1. The predicted molar refractivity (Wildman–Crippen MR) is 73.4 cm³/mol. The molecule has 0 aromatic heterocycles. The maximum absolute atomic E-state index is 13.3. The highest BCUT2D eigenvalue weighted by Gasteiger charge is 2.09. The van der Waals surface area contributed by atoms with E-state index >= 15 is 0 Å². The number of phenols is 1. The number of hydrogen-bond acceptors (Lipinski definition) is 3. The number of carbonyl (C=O) groups excluding carboxylic acids is 1. The molecule has 4 nitrogen and oxygen atoms in total. The topological polar surface area (TPSA) is 58.6 Å². The van der Waals surface area contributed by atoms with Crippen LogP contribution in [0.1, 0.15) is 5.56 Å². The number of anilines is 1. The van der Waals surface area contributed by atoms with Crippen LogP contribution in [0.15, 0.2) is 42.5 Å². The van der Waals surface area contributed by atoms with E-state index in [0.29, 0.717) is 0 Å². The molecule has 5 heteroatoms. The highest BCUT2D eigenvalue weighted by Crippen LogP contribution is 2.23. The van der Waals surface area contributed by atoms with Gasteiger partial charge in [-0.15, -0.1) is 0 Å². The Morgan fingerprint density at radius 1 is 1.30 bits per heavy atom. The van der Waals surface area contributed by atoms with Crippen molar-refractivity contribution in [3.05, 3.63) is 53.8 Å². The van der Waals surface area contributed by atoms with Gasteiger partial charge in [0.05, 0.1) is 5.69 Å². The molecule has 20 heavy (non-hydrogen) atoms. The number of nitrogens with one attached hydrogen (secondary N) is 1. The minimum Gasteiger partial charge on any atom is -0.506 e. The molecule has 0 heterocycles. The van der Waals surface area contributed by atoms with Crippen molar-refractivity contribution in [3.63, 3.8) is 0 Å². The van der Waals surface area contributed by atoms with Crippen LogP contribution in [0.5, 0.6) is 11.5 Å². The molecule has 0 aliphatic rings. The summed E-state index contributed by atoms with van der Waals surface area (Å²) in [6.07, 6.45) is 0. The number of halogens is 1. The molecule has 2 aromatic rings. The average Bonchev–Trinajstić information content (AvgIpc) is 2.41. The van der Waals surface area contributed by atoms with E-state index in [2.05, 4.69) is 5.32 Å². The first-order chi connectivity index (χ1) is 9.56. The van der Waals surface area contributed by atoms with Crippen LogP contribution in [0.4, 0.5) is 10.1 Å². The van der Waals surface area contributed by atoms with Crippen molar-refractivity contribution >= 4 is 11.6 Å². The summed E-state index contributed by atoms with van der Waals surface area (Å²) in [5.41, 5.74) is 1.17. The van der Waals surface area contributed by atoms with E-state index < -0.39 is 11.7 Å². The molecule has 0 fully saturated rings. The summed E-state index contributed by atoms with van der Waals surface area (Å²) in [4.78, 5) is 11.7. The lowest BCUT2D eigenvalue weighted by Crippen LogP contribution is -2.20. The van der Waals surface area contributed by atoms with Gasteiger partial charge in [0, 0.05) is 0 Å². The minimum absolute atomic E-state index is 0.00998. The standard InChI is InChI=1S/C15H14FNO3/c1-10-6-7-12(13(18)8-10)17-15(19)9-20-14-5-3-2-4-11(14)16/h2-8,18H,9H2,1H3,(H,17,19). The maximum atomic E-state index is 13.3. The molecule has 0 saturated heterocycles. The van der Waals surface area contributed by atoms with Crippen molar-refractivity contribution in [2.24, 2.45) is 0 Å². The third-order valence-corrected chi connectivity index (χ3v) is 2.62. The number of hydrogen-bond donors (Lipinski definition) is 2. The lowest BCUT2D eigenvalue weighted by atomic mass is 10.2. The van der Waals surface area contributed by atoms with Gasteiger partial charge in [0.25, 0.3) is 5.91 Å². The van der Waals surface area contributed by atoms with Gasteiger partial charge in [-0.05, 0) is 36.8 Å². The van der Waals surface area contributed by atoms with Crippen LogP contribution in [-0.4, -0.2) is 17.6 Å². The average molecular weight is 275 g/mol. The zero-order valence-corrected chi connectivity index (χ0v) is 10.9. The summed E-state index contributed by atoms with van der Waals surface area (Å²) in [6.45, 7) is 1.49. The molecule has 0 bridgehead atoms. The van der Waals surface area contributed by atoms with Crippen molar-refractivity contribution in [3.8, 4) is 11.5 Å². The Kier molecular flexibility index (Phi) is 4.20. The Morgan fingerprint density at radius 3 is 2.75 bits per heavy atom. The van der Waals surface area contributed by atoms with Crippen LogP contribution in [0.25, 0.3) is 0 Å². The van der Waals surface area contributed by atoms with Crippen LogP contribution >= 0.6 is 0 Å². The molecule has 0 spiro atoms. The Labute approximate surface area is 115 Å². The first-order valence-electron chi connectivity index (χ1n) is 6.03. The Balaban J connectivity index is 1.94. The zero-order chi connectivity index (χ0) is 14.5. The minimum atomic E-state index is -0.529. The van der Waals surface area contributed by atoms with Gasteiger partial charge in [-0.25, -0.2) is 4.39 Å². The Morgan fingerprint density at radius 2 is 2.05 bits per heavy atom. The number of amides is 1. The van der Waals surface area contributed by atoms with Gasteiger partial charge in [-0.1, -0.05) is 18.2 Å². The number of rotatable bonds is 4. The third kappa shape index (κ3) is 3.47. The molecule has 0 atom stereocenters. The fourth-order valence-corrected chi connectivity index (χ4v) is 1.64. The van der Waals surface area contributed by atoms with E-state index in [1.165, 1.54) is 24.3 Å². The molecule has 0 aliphatic heterocycles. The maximum Gasteiger partial charge on any atom is 0.262 e. The normalized spacial score (nSPS) is 10.1. The molecule has 104 valence electrons. The Bertz CT molecular complexity index is 628. The van der Waals surface area contributed by atoms with E-state index in [9.17, 15) is 14.3 Å². The predicted octanol–water partition coefficient (Wildman–Crippen LogP) is 2.86. The van der Waals surface area contributed by atoms with Gasteiger partial charge in [0.2, 0.25) is 0 Å².